The highest BCUT2D eigenvalue weighted by atomic mass is 35.5. The van der Waals surface area contributed by atoms with E-state index in [4.69, 9.17) is 21.1 Å². The Bertz CT molecular complexity index is 358. The van der Waals surface area contributed by atoms with E-state index in [1.54, 1.807) is 0 Å². The number of halogens is 1. The molecule has 4 heteroatoms. The average Bonchev–Trinajstić information content (AvgIpc) is 2.41. The number of nitrogens with one attached hydrogen (secondary N) is 1. The fraction of sp³-hybridized carbons (Fsp3) is 0.600. The summed E-state index contributed by atoms with van der Waals surface area (Å²) in [5.41, 5.74) is 1.09. The topological polar surface area (TPSA) is 30.5 Å². The summed E-state index contributed by atoms with van der Waals surface area (Å²) in [6.07, 6.45) is 2.14. The summed E-state index contributed by atoms with van der Waals surface area (Å²) < 4.78 is 11.1. The molecule has 0 amide bonds. The largest absolute Gasteiger partial charge is 0.489 e. The van der Waals surface area contributed by atoms with Crippen molar-refractivity contribution in [3.8, 4) is 5.75 Å². The molecule has 0 aliphatic carbocycles. The van der Waals surface area contributed by atoms with Crippen LogP contribution < -0.4 is 10.1 Å². The van der Waals surface area contributed by atoms with Crippen molar-refractivity contribution in [2.75, 3.05) is 26.4 Å². The number of hydrogen-bond acceptors (Lipinski definition) is 3. The first-order chi connectivity index (χ1) is 9.29. The van der Waals surface area contributed by atoms with E-state index < -0.39 is 0 Å². The SMILES string of the molecule is CCCNCc1cccc(Cl)c1OCCOCCC. The van der Waals surface area contributed by atoms with Crippen LogP contribution in [0.15, 0.2) is 18.2 Å². The number of hydrogen-bond donors (Lipinski definition) is 1. The van der Waals surface area contributed by atoms with Crippen LogP contribution in [0.2, 0.25) is 5.02 Å². The van der Waals surface area contributed by atoms with Gasteiger partial charge in [0.2, 0.25) is 0 Å². The predicted octanol–water partition coefficient (Wildman–Crippen LogP) is 3.65. The lowest BCUT2D eigenvalue weighted by Crippen LogP contribution is -2.15. The molecule has 1 N–H and O–H groups in total. The van der Waals surface area contributed by atoms with E-state index >= 15 is 0 Å². The molecule has 1 aromatic rings. The first-order valence-electron chi connectivity index (χ1n) is 6.98. The van der Waals surface area contributed by atoms with Crippen LogP contribution in [0.4, 0.5) is 0 Å². The molecule has 0 heterocycles. The molecule has 0 bridgehead atoms. The number of para-hydroxylation sites is 1. The molecule has 0 aromatic heterocycles. The second-order valence-corrected chi connectivity index (χ2v) is 4.77. The van der Waals surface area contributed by atoms with Crippen LogP contribution in [-0.4, -0.2) is 26.4 Å². The molecule has 0 atom stereocenters. The minimum atomic E-state index is 0.532. The molecule has 0 spiro atoms. The van der Waals surface area contributed by atoms with Crippen LogP contribution in [0.5, 0.6) is 5.75 Å². The predicted molar refractivity (Wildman–Crippen MR) is 80.1 cm³/mol. The maximum Gasteiger partial charge on any atom is 0.142 e. The Balaban J connectivity index is 2.49. The molecular weight excluding hydrogens is 262 g/mol. The van der Waals surface area contributed by atoms with Crippen molar-refractivity contribution < 1.29 is 9.47 Å². The third kappa shape index (κ3) is 6.28. The van der Waals surface area contributed by atoms with E-state index in [1.807, 2.05) is 18.2 Å². The molecule has 0 aliphatic rings. The Morgan fingerprint density at radius 2 is 1.95 bits per heavy atom. The Kier molecular flexibility index (Phi) is 8.63. The maximum absolute atomic E-state index is 6.19. The minimum Gasteiger partial charge on any atom is -0.489 e. The van der Waals surface area contributed by atoms with E-state index in [2.05, 4.69) is 19.2 Å². The quantitative estimate of drug-likeness (QED) is 0.666. The van der Waals surface area contributed by atoms with E-state index in [0.717, 1.165) is 43.9 Å². The van der Waals surface area contributed by atoms with Gasteiger partial charge in [-0.2, -0.15) is 0 Å². The number of benzene rings is 1. The second-order valence-electron chi connectivity index (χ2n) is 4.37. The van der Waals surface area contributed by atoms with Crippen LogP contribution in [0.25, 0.3) is 0 Å². The maximum atomic E-state index is 6.19. The molecule has 1 aromatic carbocycles. The molecule has 0 saturated carbocycles. The van der Waals surface area contributed by atoms with Gasteiger partial charge < -0.3 is 14.8 Å². The summed E-state index contributed by atoms with van der Waals surface area (Å²) in [7, 11) is 0. The van der Waals surface area contributed by atoms with Gasteiger partial charge in [-0.1, -0.05) is 37.6 Å². The van der Waals surface area contributed by atoms with Crippen molar-refractivity contribution in [3.63, 3.8) is 0 Å². The Labute approximate surface area is 121 Å². The number of ether oxygens (including phenoxy) is 2. The highest BCUT2D eigenvalue weighted by Gasteiger charge is 2.07. The molecule has 19 heavy (non-hydrogen) atoms. The van der Waals surface area contributed by atoms with Crippen LogP contribution in [0.1, 0.15) is 32.3 Å². The van der Waals surface area contributed by atoms with Gasteiger partial charge in [-0.15, -0.1) is 0 Å². The summed E-state index contributed by atoms with van der Waals surface area (Å²) in [4.78, 5) is 0. The van der Waals surface area contributed by atoms with Gasteiger partial charge >= 0.3 is 0 Å². The van der Waals surface area contributed by atoms with E-state index in [0.29, 0.717) is 18.2 Å². The van der Waals surface area contributed by atoms with E-state index in [1.165, 1.54) is 0 Å². The van der Waals surface area contributed by atoms with Gasteiger partial charge in [-0.3, -0.25) is 0 Å². The zero-order chi connectivity index (χ0) is 13.9. The third-order valence-electron chi connectivity index (χ3n) is 2.61. The fourth-order valence-electron chi connectivity index (χ4n) is 1.70. The molecule has 0 unspecified atom stereocenters. The van der Waals surface area contributed by atoms with Gasteiger partial charge in [0.1, 0.15) is 12.4 Å². The smallest absolute Gasteiger partial charge is 0.142 e. The Hall–Kier alpha value is -0.770. The molecular formula is C15H24ClNO2. The zero-order valence-electron chi connectivity index (χ0n) is 11.9. The Morgan fingerprint density at radius 3 is 2.68 bits per heavy atom. The summed E-state index contributed by atoms with van der Waals surface area (Å²) >= 11 is 6.19. The first-order valence-corrected chi connectivity index (χ1v) is 7.36. The van der Waals surface area contributed by atoms with Crippen molar-refractivity contribution in [1.29, 1.82) is 0 Å². The van der Waals surface area contributed by atoms with Gasteiger partial charge in [0, 0.05) is 18.7 Å². The van der Waals surface area contributed by atoms with Gasteiger partial charge in [-0.05, 0) is 25.5 Å². The van der Waals surface area contributed by atoms with Crippen LogP contribution in [0.3, 0.4) is 0 Å². The van der Waals surface area contributed by atoms with Crippen molar-refractivity contribution >= 4 is 11.6 Å². The minimum absolute atomic E-state index is 0.532. The fourth-order valence-corrected chi connectivity index (χ4v) is 1.95. The zero-order valence-corrected chi connectivity index (χ0v) is 12.6. The normalized spacial score (nSPS) is 10.7. The van der Waals surface area contributed by atoms with Crippen molar-refractivity contribution in [2.24, 2.45) is 0 Å². The van der Waals surface area contributed by atoms with E-state index in [9.17, 15) is 0 Å². The van der Waals surface area contributed by atoms with Crippen LogP contribution >= 0.6 is 11.6 Å². The molecule has 0 aliphatic heterocycles. The molecule has 3 nitrogen and oxygen atoms in total. The van der Waals surface area contributed by atoms with Gasteiger partial charge in [0.05, 0.1) is 11.6 Å². The lowest BCUT2D eigenvalue weighted by molar-refractivity contribution is 0.100. The standard InChI is InChI=1S/C15H24ClNO2/c1-3-8-17-12-13-6-5-7-14(16)15(13)19-11-10-18-9-4-2/h5-7,17H,3-4,8-12H2,1-2H3. The van der Waals surface area contributed by atoms with Crippen molar-refractivity contribution in [2.45, 2.75) is 33.2 Å². The third-order valence-corrected chi connectivity index (χ3v) is 2.91. The van der Waals surface area contributed by atoms with Crippen LogP contribution in [-0.2, 0) is 11.3 Å². The second kappa shape index (κ2) is 10.1. The van der Waals surface area contributed by atoms with Gasteiger partial charge in [0.15, 0.2) is 0 Å². The molecule has 108 valence electrons. The molecule has 1 rings (SSSR count). The molecule has 0 radical (unpaired) electrons. The highest BCUT2D eigenvalue weighted by molar-refractivity contribution is 6.32. The summed E-state index contributed by atoms with van der Waals surface area (Å²) in [5.74, 6) is 0.771. The summed E-state index contributed by atoms with van der Waals surface area (Å²) in [6.45, 7) is 7.91. The highest BCUT2D eigenvalue weighted by Crippen LogP contribution is 2.28. The van der Waals surface area contributed by atoms with Crippen LogP contribution in [0, 0.1) is 0 Å². The first kappa shape index (κ1) is 16.3. The van der Waals surface area contributed by atoms with Crippen molar-refractivity contribution in [1.82, 2.24) is 5.32 Å². The summed E-state index contributed by atoms with van der Waals surface area (Å²) in [5, 5.41) is 4.02. The summed E-state index contributed by atoms with van der Waals surface area (Å²) in [6, 6.07) is 5.84. The van der Waals surface area contributed by atoms with Gasteiger partial charge in [0.25, 0.3) is 0 Å². The molecule has 0 fully saturated rings. The van der Waals surface area contributed by atoms with Gasteiger partial charge in [-0.25, -0.2) is 0 Å². The van der Waals surface area contributed by atoms with E-state index in [-0.39, 0.29) is 0 Å². The monoisotopic (exact) mass is 285 g/mol. The lowest BCUT2D eigenvalue weighted by atomic mass is 10.2. The number of rotatable bonds is 10. The Morgan fingerprint density at radius 1 is 1.11 bits per heavy atom. The van der Waals surface area contributed by atoms with Crippen molar-refractivity contribution in [3.05, 3.63) is 28.8 Å². The average molecular weight is 286 g/mol. The molecule has 0 saturated heterocycles. The lowest BCUT2D eigenvalue weighted by Gasteiger charge is -2.13.